The van der Waals surface area contributed by atoms with Gasteiger partial charge in [0.2, 0.25) is 5.91 Å². The molecule has 7 unspecified atom stereocenters. The number of carbonyl (C=O) groups is 1. The molecular weight excluding hydrogens is 394 g/mol. The zero-order chi connectivity index (χ0) is 17.6. The van der Waals surface area contributed by atoms with E-state index >= 15 is 0 Å². The Morgan fingerprint density at radius 1 is 1.08 bits per heavy atom. The van der Waals surface area contributed by atoms with E-state index in [4.69, 9.17) is 4.74 Å². The molecule has 2 aromatic rings. The third-order valence-electron chi connectivity index (χ3n) is 6.93. The number of hydrogen-bond acceptors (Lipinski definition) is 3. The smallest absolute Gasteiger partial charge is 0.233 e. The molecule has 2 aliphatic heterocycles. The third-order valence-corrected chi connectivity index (χ3v) is 7.46. The number of halogens is 1. The van der Waals surface area contributed by atoms with Gasteiger partial charge in [-0.25, -0.2) is 0 Å². The van der Waals surface area contributed by atoms with Crippen molar-refractivity contribution in [2.75, 3.05) is 4.90 Å². The molecule has 1 N–H and O–H groups in total. The fraction of sp³-hybridized carbons (Fsp3) is 0.381. The zero-order valence-electron chi connectivity index (χ0n) is 14.0. The Labute approximate surface area is 159 Å². The summed E-state index contributed by atoms with van der Waals surface area (Å²) in [6.07, 6.45) is 0.200. The molecule has 2 bridgehead atoms. The van der Waals surface area contributed by atoms with Gasteiger partial charge in [0.15, 0.2) is 5.72 Å². The molecule has 4 fully saturated rings. The lowest BCUT2D eigenvalue weighted by molar-refractivity contribution is -0.133. The summed E-state index contributed by atoms with van der Waals surface area (Å²) < 4.78 is 7.60. The van der Waals surface area contributed by atoms with Crippen molar-refractivity contribution < 1.29 is 14.6 Å². The van der Waals surface area contributed by atoms with Gasteiger partial charge in [-0.3, -0.25) is 9.69 Å². The number of aliphatic hydroxyl groups excluding tert-OH is 1. The van der Waals surface area contributed by atoms with Gasteiger partial charge in [-0.2, -0.15) is 0 Å². The van der Waals surface area contributed by atoms with Crippen molar-refractivity contribution in [3.8, 4) is 0 Å². The van der Waals surface area contributed by atoms with E-state index in [0.29, 0.717) is 0 Å². The van der Waals surface area contributed by atoms with Crippen LogP contribution in [-0.4, -0.2) is 23.2 Å². The van der Waals surface area contributed by atoms with Crippen molar-refractivity contribution in [2.24, 2.45) is 23.7 Å². The van der Waals surface area contributed by atoms with Crippen LogP contribution in [-0.2, 0) is 15.3 Å². The number of fused-ring (bicyclic) bond motifs is 2. The number of nitrogens with zero attached hydrogens (tertiary/aromatic N) is 1. The predicted octanol–water partition coefficient (Wildman–Crippen LogP) is 3.29. The molecule has 0 radical (unpaired) electrons. The molecule has 5 heteroatoms. The Balaban J connectivity index is 1.60. The van der Waals surface area contributed by atoms with E-state index in [9.17, 15) is 9.90 Å². The second kappa shape index (κ2) is 4.97. The summed E-state index contributed by atoms with van der Waals surface area (Å²) in [5, 5.41) is 10.7. The normalized spacial score (nSPS) is 42.1. The summed E-state index contributed by atoms with van der Waals surface area (Å²) in [6.45, 7) is 0. The topological polar surface area (TPSA) is 49.8 Å². The van der Waals surface area contributed by atoms with E-state index < -0.39 is 11.8 Å². The Bertz CT molecular complexity index is 901. The second-order valence-corrected chi connectivity index (χ2v) is 8.82. The lowest BCUT2D eigenvalue weighted by Crippen LogP contribution is -2.49. The molecule has 2 saturated heterocycles. The predicted molar refractivity (Wildman–Crippen MR) is 99.2 cm³/mol. The average Bonchev–Trinajstić information content (AvgIpc) is 3.33. The molecular formula is C21H18BrNO3. The standard InChI is InChI=1S/C21H18BrNO3/c22-12-6-8-13(9-7-12)23-20(25)16-14-10-15-17(16)21(23,26-19(15)18(14)24)11-4-2-1-3-5-11/h1-9,14-19,24H,10H2. The molecule has 2 aromatic carbocycles. The summed E-state index contributed by atoms with van der Waals surface area (Å²) >= 11 is 3.47. The van der Waals surface area contributed by atoms with Gasteiger partial charge >= 0.3 is 0 Å². The summed E-state index contributed by atoms with van der Waals surface area (Å²) in [5.74, 6) is 0.320. The fourth-order valence-electron chi connectivity index (χ4n) is 6.13. The SMILES string of the molecule is O=C1C2C3CC4C(OC(c5ccccc5)(C42)N1c1ccc(Br)cc1)C3O. The molecule has 1 amide bonds. The number of benzene rings is 2. The van der Waals surface area contributed by atoms with Crippen molar-refractivity contribution in [3.63, 3.8) is 0 Å². The Morgan fingerprint density at radius 2 is 1.81 bits per heavy atom. The van der Waals surface area contributed by atoms with E-state index in [-0.39, 0.29) is 35.7 Å². The van der Waals surface area contributed by atoms with Crippen LogP contribution in [0, 0.1) is 23.7 Å². The quantitative estimate of drug-likeness (QED) is 0.824. The van der Waals surface area contributed by atoms with Crippen LogP contribution in [0.5, 0.6) is 0 Å². The first-order chi connectivity index (χ1) is 12.6. The summed E-state index contributed by atoms with van der Waals surface area (Å²) in [4.78, 5) is 15.4. The van der Waals surface area contributed by atoms with Crippen molar-refractivity contribution in [2.45, 2.75) is 24.4 Å². The van der Waals surface area contributed by atoms with Gasteiger partial charge in [-0.15, -0.1) is 0 Å². The maximum absolute atomic E-state index is 13.5. The molecule has 0 spiro atoms. The van der Waals surface area contributed by atoms with Crippen LogP contribution < -0.4 is 4.90 Å². The minimum absolute atomic E-state index is 0.0218. The van der Waals surface area contributed by atoms with Gasteiger partial charge in [0, 0.05) is 21.6 Å². The Kier molecular flexibility index (Phi) is 2.94. The minimum atomic E-state index is -0.807. The number of hydrogen-bond donors (Lipinski definition) is 1. The third kappa shape index (κ3) is 1.61. The van der Waals surface area contributed by atoms with Gasteiger partial charge in [0.25, 0.3) is 0 Å². The lowest BCUT2D eigenvalue weighted by atomic mass is 9.75. The number of ether oxygens (including phenoxy) is 1. The monoisotopic (exact) mass is 411 g/mol. The number of amides is 1. The van der Waals surface area contributed by atoms with Crippen LogP contribution in [0.3, 0.4) is 0 Å². The molecule has 26 heavy (non-hydrogen) atoms. The first-order valence-corrected chi connectivity index (χ1v) is 9.93. The maximum Gasteiger partial charge on any atom is 0.233 e. The minimum Gasteiger partial charge on any atom is -0.390 e. The maximum atomic E-state index is 13.5. The lowest BCUT2D eigenvalue weighted by Gasteiger charge is -2.39. The van der Waals surface area contributed by atoms with Crippen LogP contribution >= 0.6 is 15.9 Å². The summed E-state index contributed by atoms with van der Waals surface area (Å²) in [7, 11) is 0. The summed E-state index contributed by atoms with van der Waals surface area (Å²) in [6, 6.07) is 17.9. The van der Waals surface area contributed by atoms with Crippen molar-refractivity contribution in [1.82, 2.24) is 0 Å². The molecule has 4 aliphatic rings. The van der Waals surface area contributed by atoms with E-state index in [1.807, 2.05) is 59.5 Å². The van der Waals surface area contributed by atoms with Gasteiger partial charge in [-0.1, -0.05) is 46.3 Å². The average molecular weight is 412 g/mol. The number of aliphatic hydroxyl groups is 1. The molecule has 132 valence electrons. The molecule has 2 saturated carbocycles. The highest BCUT2D eigenvalue weighted by atomic mass is 79.9. The summed E-state index contributed by atoms with van der Waals surface area (Å²) in [5.41, 5.74) is 1.05. The van der Waals surface area contributed by atoms with Crippen LogP contribution in [0.25, 0.3) is 0 Å². The van der Waals surface area contributed by atoms with Gasteiger partial charge in [0.1, 0.15) is 0 Å². The molecule has 4 nitrogen and oxygen atoms in total. The Hall–Kier alpha value is -1.69. The van der Waals surface area contributed by atoms with Gasteiger partial charge in [-0.05, 0) is 42.5 Å². The van der Waals surface area contributed by atoms with Crippen molar-refractivity contribution in [1.29, 1.82) is 0 Å². The van der Waals surface area contributed by atoms with Crippen LogP contribution in [0.15, 0.2) is 59.1 Å². The largest absolute Gasteiger partial charge is 0.390 e. The molecule has 2 heterocycles. The number of carbonyl (C=O) groups excluding carboxylic acids is 1. The van der Waals surface area contributed by atoms with Crippen LogP contribution in [0.4, 0.5) is 5.69 Å². The molecule has 0 aromatic heterocycles. The molecule has 6 rings (SSSR count). The second-order valence-electron chi connectivity index (χ2n) is 7.90. The van der Waals surface area contributed by atoms with E-state index in [1.165, 1.54) is 0 Å². The van der Waals surface area contributed by atoms with Crippen LogP contribution in [0.2, 0.25) is 0 Å². The van der Waals surface area contributed by atoms with Crippen molar-refractivity contribution >= 4 is 27.5 Å². The Morgan fingerprint density at radius 3 is 2.54 bits per heavy atom. The first-order valence-electron chi connectivity index (χ1n) is 9.14. The number of rotatable bonds is 2. The van der Waals surface area contributed by atoms with Crippen LogP contribution in [0.1, 0.15) is 12.0 Å². The number of anilines is 1. The van der Waals surface area contributed by atoms with Gasteiger partial charge in [0.05, 0.1) is 18.1 Å². The first kappa shape index (κ1) is 15.4. The molecule has 2 aliphatic carbocycles. The molecule has 7 atom stereocenters. The van der Waals surface area contributed by atoms with E-state index in [0.717, 1.165) is 22.1 Å². The van der Waals surface area contributed by atoms with E-state index in [2.05, 4.69) is 15.9 Å². The highest BCUT2D eigenvalue weighted by molar-refractivity contribution is 9.10. The van der Waals surface area contributed by atoms with Crippen molar-refractivity contribution in [3.05, 3.63) is 64.6 Å². The highest BCUT2D eigenvalue weighted by Crippen LogP contribution is 2.70. The van der Waals surface area contributed by atoms with E-state index in [1.54, 1.807) is 0 Å². The zero-order valence-corrected chi connectivity index (χ0v) is 15.5. The highest BCUT2D eigenvalue weighted by Gasteiger charge is 2.79. The fourth-order valence-corrected chi connectivity index (χ4v) is 6.40. The van der Waals surface area contributed by atoms with Gasteiger partial charge < -0.3 is 9.84 Å².